The SMILES string of the molecule is CCNC(=NCc1ccnc(Oc2ccc(F)cc2)c1)NCCCN1CCCC1=O. The van der Waals surface area contributed by atoms with Crippen molar-refractivity contribution < 1.29 is 13.9 Å². The van der Waals surface area contributed by atoms with Crippen molar-refractivity contribution in [3.63, 3.8) is 0 Å². The van der Waals surface area contributed by atoms with Gasteiger partial charge in [0.05, 0.1) is 6.54 Å². The summed E-state index contributed by atoms with van der Waals surface area (Å²) in [6, 6.07) is 9.50. The molecule has 2 aromatic rings. The molecule has 0 aliphatic carbocycles. The number of halogens is 1. The van der Waals surface area contributed by atoms with Crippen LogP contribution >= 0.6 is 0 Å². The summed E-state index contributed by atoms with van der Waals surface area (Å²) in [5, 5.41) is 6.53. The van der Waals surface area contributed by atoms with Crippen LogP contribution in [0.4, 0.5) is 4.39 Å². The lowest BCUT2D eigenvalue weighted by atomic mass is 10.2. The van der Waals surface area contributed by atoms with Crippen LogP contribution in [0.1, 0.15) is 31.7 Å². The van der Waals surface area contributed by atoms with Crippen LogP contribution in [0.2, 0.25) is 0 Å². The zero-order valence-corrected chi connectivity index (χ0v) is 17.2. The first kappa shape index (κ1) is 21.5. The number of guanidine groups is 1. The third-order valence-corrected chi connectivity index (χ3v) is 4.67. The van der Waals surface area contributed by atoms with Crippen molar-refractivity contribution >= 4 is 11.9 Å². The third-order valence-electron chi connectivity index (χ3n) is 4.67. The van der Waals surface area contributed by atoms with Crippen LogP contribution in [0.5, 0.6) is 11.6 Å². The Balaban J connectivity index is 1.50. The number of nitrogens with zero attached hydrogens (tertiary/aromatic N) is 3. The first-order valence-corrected chi connectivity index (χ1v) is 10.3. The van der Waals surface area contributed by atoms with Crippen LogP contribution in [0, 0.1) is 5.82 Å². The molecule has 1 aliphatic rings. The molecule has 1 fully saturated rings. The Bertz CT molecular complexity index is 857. The number of hydrogen-bond donors (Lipinski definition) is 2. The summed E-state index contributed by atoms with van der Waals surface area (Å²) in [6.45, 7) is 5.62. The molecule has 1 aliphatic heterocycles. The fourth-order valence-electron chi connectivity index (χ4n) is 3.16. The Kier molecular flexibility index (Phi) is 8.00. The Hall–Kier alpha value is -3.16. The molecule has 2 N–H and O–H groups in total. The number of ether oxygens (including phenoxy) is 1. The molecule has 8 heteroatoms. The van der Waals surface area contributed by atoms with Gasteiger partial charge in [-0.15, -0.1) is 0 Å². The van der Waals surface area contributed by atoms with Gasteiger partial charge < -0.3 is 20.3 Å². The summed E-state index contributed by atoms with van der Waals surface area (Å²) in [5.41, 5.74) is 0.946. The molecule has 0 unspecified atom stereocenters. The van der Waals surface area contributed by atoms with Crippen molar-refractivity contribution in [3.8, 4) is 11.6 Å². The molecule has 0 atom stereocenters. The molecule has 1 saturated heterocycles. The molecule has 30 heavy (non-hydrogen) atoms. The topological polar surface area (TPSA) is 78.9 Å². The molecule has 0 spiro atoms. The second kappa shape index (κ2) is 11.1. The summed E-state index contributed by atoms with van der Waals surface area (Å²) in [5.74, 6) is 1.63. The van der Waals surface area contributed by atoms with Crippen LogP contribution in [-0.2, 0) is 11.3 Å². The molecule has 7 nitrogen and oxygen atoms in total. The van der Waals surface area contributed by atoms with Gasteiger partial charge in [0, 0.05) is 44.9 Å². The van der Waals surface area contributed by atoms with Gasteiger partial charge in [0.25, 0.3) is 0 Å². The quantitative estimate of drug-likeness (QED) is 0.375. The third kappa shape index (κ3) is 6.72. The predicted molar refractivity (Wildman–Crippen MR) is 114 cm³/mol. The van der Waals surface area contributed by atoms with Crippen LogP contribution in [0.15, 0.2) is 47.6 Å². The molecular weight excluding hydrogens is 385 g/mol. The van der Waals surface area contributed by atoms with E-state index < -0.39 is 0 Å². The molecule has 1 aromatic carbocycles. The Labute approximate surface area is 176 Å². The second-order valence-corrected chi connectivity index (χ2v) is 7.02. The van der Waals surface area contributed by atoms with Gasteiger partial charge in [-0.1, -0.05) is 0 Å². The summed E-state index contributed by atoms with van der Waals surface area (Å²) >= 11 is 0. The second-order valence-electron chi connectivity index (χ2n) is 7.02. The number of pyridine rings is 1. The number of aromatic nitrogens is 1. The maximum Gasteiger partial charge on any atom is 0.222 e. The number of aliphatic imine (C=N–C) groups is 1. The van der Waals surface area contributed by atoms with E-state index in [0.29, 0.717) is 24.6 Å². The fraction of sp³-hybridized carbons (Fsp3) is 0.409. The molecule has 0 radical (unpaired) electrons. The predicted octanol–water partition coefficient (Wildman–Crippen LogP) is 3.08. The van der Waals surface area contributed by atoms with Crippen LogP contribution in [0.3, 0.4) is 0 Å². The molecule has 1 aromatic heterocycles. The highest BCUT2D eigenvalue weighted by Crippen LogP contribution is 2.20. The van der Waals surface area contributed by atoms with Crippen LogP contribution < -0.4 is 15.4 Å². The largest absolute Gasteiger partial charge is 0.439 e. The first-order chi connectivity index (χ1) is 14.6. The monoisotopic (exact) mass is 413 g/mol. The first-order valence-electron chi connectivity index (χ1n) is 10.3. The molecule has 160 valence electrons. The van der Waals surface area contributed by atoms with Crippen molar-refractivity contribution in [2.45, 2.75) is 32.7 Å². The van der Waals surface area contributed by atoms with Gasteiger partial charge in [-0.05, 0) is 55.7 Å². The van der Waals surface area contributed by atoms with Gasteiger partial charge in [-0.3, -0.25) is 4.79 Å². The molecule has 0 saturated carbocycles. The minimum atomic E-state index is -0.311. The number of hydrogen-bond acceptors (Lipinski definition) is 4. The standard InChI is InChI=1S/C22H28FN5O2/c1-2-24-22(26-11-4-14-28-13-3-5-21(28)29)27-16-17-10-12-25-20(15-17)30-19-8-6-18(23)7-9-19/h6-10,12,15H,2-5,11,13-14,16H2,1H3,(H2,24,26,27). The Morgan fingerprint density at radius 2 is 2.10 bits per heavy atom. The molecular formula is C22H28FN5O2. The number of carbonyl (C=O) groups excluding carboxylic acids is 1. The Morgan fingerprint density at radius 1 is 1.27 bits per heavy atom. The van der Waals surface area contributed by atoms with Gasteiger partial charge in [0.1, 0.15) is 11.6 Å². The average Bonchev–Trinajstić information content (AvgIpc) is 3.16. The van der Waals surface area contributed by atoms with E-state index in [0.717, 1.165) is 50.5 Å². The van der Waals surface area contributed by atoms with E-state index in [9.17, 15) is 9.18 Å². The normalized spacial score (nSPS) is 14.1. The summed E-state index contributed by atoms with van der Waals surface area (Å²) in [6.07, 6.45) is 4.18. The van der Waals surface area contributed by atoms with Crippen molar-refractivity contribution in [2.24, 2.45) is 4.99 Å². The zero-order chi connectivity index (χ0) is 21.2. The van der Waals surface area contributed by atoms with Gasteiger partial charge >= 0.3 is 0 Å². The van der Waals surface area contributed by atoms with Gasteiger partial charge in [-0.25, -0.2) is 14.4 Å². The number of benzene rings is 1. The van der Waals surface area contributed by atoms with Crippen molar-refractivity contribution in [3.05, 3.63) is 54.0 Å². The van der Waals surface area contributed by atoms with E-state index in [4.69, 9.17) is 4.74 Å². The maximum absolute atomic E-state index is 13.0. The zero-order valence-electron chi connectivity index (χ0n) is 17.2. The van der Waals surface area contributed by atoms with Crippen molar-refractivity contribution in [2.75, 3.05) is 26.2 Å². The number of carbonyl (C=O) groups is 1. The van der Waals surface area contributed by atoms with Crippen LogP contribution in [0.25, 0.3) is 0 Å². The summed E-state index contributed by atoms with van der Waals surface area (Å²) < 4.78 is 18.7. The highest BCUT2D eigenvalue weighted by molar-refractivity contribution is 5.79. The van der Waals surface area contributed by atoms with E-state index in [2.05, 4.69) is 20.6 Å². The lowest BCUT2D eigenvalue weighted by molar-refractivity contribution is -0.127. The Morgan fingerprint density at radius 3 is 2.83 bits per heavy atom. The van der Waals surface area contributed by atoms with E-state index in [1.54, 1.807) is 18.3 Å². The van der Waals surface area contributed by atoms with E-state index in [1.165, 1.54) is 12.1 Å². The van der Waals surface area contributed by atoms with E-state index in [1.807, 2.05) is 24.0 Å². The van der Waals surface area contributed by atoms with E-state index in [-0.39, 0.29) is 11.7 Å². The number of rotatable bonds is 9. The summed E-state index contributed by atoms with van der Waals surface area (Å²) in [7, 11) is 0. The highest BCUT2D eigenvalue weighted by atomic mass is 19.1. The number of nitrogens with one attached hydrogen (secondary N) is 2. The summed E-state index contributed by atoms with van der Waals surface area (Å²) in [4.78, 5) is 22.4. The average molecular weight is 413 g/mol. The molecule has 3 rings (SSSR count). The fourth-order valence-corrected chi connectivity index (χ4v) is 3.16. The lowest BCUT2D eigenvalue weighted by Crippen LogP contribution is -2.39. The van der Waals surface area contributed by atoms with Crippen molar-refractivity contribution in [1.29, 1.82) is 0 Å². The number of amides is 1. The van der Waals surface area contributed by atoms with E-state index >= 15 is 0 Å². The number of likely N-dealkylation sites (tertiary alicyclic amines) is 1. The maximum atomic E-state index is 13.0. The smallest absolute Gasteiger partial charge is 0.222 e. The highest BCUT2D eigenvalue weighted by Gasteiger charge is 2.18. The molecule has 2 heterocycles. The minimum absolute atomic E-state index is 0.256. The minimum Gasteiger partial charge on any atom is -0.439 e. The van der Waals surface area contributed by atoms with Crippen LogP contribution in [-0.4, -0.2) is 47.9 Å². The lowest BCUT2D eigenvalue weighted by Gasteiger charge is -2.16. The molecule has 0 bridgehead atoms. The molecule has 1 amide bonds. The van der Waals surface area contributed by atoms with Gasteiger partial charge in [0.15, 0.2) is 5.96 Å². The van der Waals surface area contributed by atoms with Gasteiger partial charge in [0.2, 0.25) is 11.8 Å². The van der Waals surface area contributed by atoms with Gasteiger partial charge in [-0.2, -0.15) is 0 Å². The van der Waals surface area contributed by atoms with Crippen molar-refractivity contribution in [1.82, 2.24) is 20.5 Å².